The number of benzene rings is 1. The molecular formula is C16H19ClN2O3. The van der Waals surface area contributed by atoms with Crippen molar-refractivity contribution in [2.24, 2.45) is 0 Å². The third-order valence-corrected chi connectivity index (χ3v) is 3.75. The highest BCUT2D eigenvalue weighted by Gasteiger charge is 2.30. The number of hydrogen-bond donors (Lipinski definition) is 2. The summed E-state index contributed by atoms with van der Waals surface area (Å²) in [6.07, 6.45) is 1.21. The molecule has 1 aliphatic rings. The van der Waals surface area contributed by atoms with E-state index in [0.29, 0.717) is 10.7 Å². The molecule has 0 aromatic heterocycles. The summed E-state index contributed by atoms with van der Waals surface area (Å²) in [7, 11) is 0. The molecule has 2 N–H and O–H groups in total. The van der Waals surface area contributed by atoms with Gasteiger partial charge in [-0.25, -0.2) is 0 Å². The van der Waals surface area contributed by atoms with Gasteiger partial charge in [-0.15, -0.1) is 0 Å². The number of aliphatic hydroxyl groups excluding tert-OH is 1. The number of amides is 2. The predicted octanol–water partition coefficient (Wildman–Crippen LogP) is 2.29. The SMILES string of the molecule is CC(C)(C)c1ccc(NC2=CC(=O)N(CCO)C2=O)c(Cl)c1. The third kappa shape index (κ3) is 3.31. The molecule has 0 radical (unpaired) electrons. The van der Waals surface area contributed by atoms with Crippen molar-refractivity contribution >= 4 is 29.1 Å². The van der Waals surface area contributed by atoms with E-state index >= 15 is 0 Å². The Bertz CT molecular complexity index is 647. The molecule has 0 spiro atoms. The minimum atomic E-state index is -0.463. The van der Waals surface area contributed by atoms with Crippen LogP contribution in [0.25, 0.3) is 0 Å². The van der Waals surface area contributed by atoms with Crippen LogP contribution in [0.4, 0.5) is 5.69 Å². The van der Waals surface area contributed by atoms with Crippen molar-refractivity contribution in [2.75, 3.05) is 18.5 Å². The first-order valence-corrected chi connectivity index (χ1v) is 7.37. The summed E-state index contributed by atoms with van der Waals surface area (Å²) in [5.74, 6) is -0.904. The van der Waals surface area contributed by atoms with Gasteiger partial charge in [-0.2, -0.15) is 0 Å². The van der Waals surface area contributed by atoms with Crippen LogP contribution in [-0.4, -0.2) is 35.0 Å². The summed E-state index contributed by atoms with van der Waals surface area (Å²) in [6, 6.07) is 5.56. The summed E-state index contributed by atoms with van der Waals surface area (Å²) in [5.41, 5.74) is 1.77. The van der Waals surface area contributed by atoms with Crippen molar-refractivity contribution in [1.29, 1.82) is 0 Å². The van der Waals surface area contributed by atoms with Crippen molar-refractivity contribution in [2.45, 2.75) is 26.2 Å². The number of halogens is 1. The van der Waals surface area contributed by atoms with Crippen LogP contribution in [0.2, 0.25) is 5.02 Å². The molecular weight excluding hydrogens is 304 g/mol. The number of rotatable bonds is 4. The number of carbonyl (C=O) groups is 2. The van der Waals surface area contributed by atoms with Gasteiger partial charge in [0.05, 0.1) is 23.9 Å². The average Bonchev–Trinajstić information content (AvgIpc) is 2.68. The normalized spacial score (nSPS) is 15.3. The Morgan fingerprint density at radius 3 is 2.50 bits per heavy atom. The molecule has 1 aromatic carbocycles. The number of hydrogen-bond acceptors (Lipinski definition) is 4. The molecule has 1 aromatic rings. The standard InChI is InChI=1S/C16H19ClN2O3/c1-16(2,3)10-4-5-12(11(17)8-10)18-13-9-14(21)19(6-7-20)15(13)22/h4-5,8-9,18,20H,6-7H2,1-3H3. The minimum absolute atomic E-state index is 0.0178. The number of carbonyl (C=O) groups excluding carboxylic acids is 2. The molecule has 0 aliphatic carbocycles. The maximum Gasteiger partial charge on any atom is 0.277 e. The van der Waals surface area contributed by atoms with Crippen molar-refractivity contribution in [3.8, 4) is 0 Å². The predicted molar refractivity (Wildman–Crippen MR) is 85.7 cm³/mol. The monoisotopic (exact) mass is 322 g/mol. The molecule has 2 rings (SSSR count). The molecule has 5 nitrogen and oxygen atoms in total. The molecule has 0 saturated carbocycles. The number of nitrogens with one attached hydrogen (secondary N) is 1. The Labute approximate surface area is 134 Å². The van der Waals surface area contributed by atoms with Gasteiger partial charge in [0.15, 0.2) is 0 Å². The van der Waals surface area contributed by atoms with Gasteiger partial charge in [0.25, 0.3) is 11.8 Å². The Morgan fingerprint density at radius 1 is 1.27 bits per heavy atom. The van der Waals surface area contributed by atoms with Crippen LogP contribution in [0.1, 0.15) is 26.3 Å². The second kappa shape index (κ2) is 6.10. The Hall–Kier alpha value is -1.85. The molecule has 0 atom stereocenters. The summed E-state index contributed by atoms with van der Waals surface area (Å²) < 4.78 is 0. The lowest BCUT2D eigenvalue weighted by atomic mass is 9.87. The van der Waals surface area contributed by atoms with Crippen LogP contribution in [0, 0.1) is 0 Å². The number of imide groups is 1. The zero-order chi connectivity index (χ0) is 16.5. The highest BCUT2D eigenvalue weighted by Crippen LogP contribution is 2.31. The fourth-order valence-corrected chi connectivity index (χ4v) is 2.37. The second-order valence-electron chi connectivity index (χ2n) is 6.15. The fourth-order valence-electron chi connectivity index (χ4n) is 2.14. The van der Waals surface area contributed by atoms with Crippen molar-refractivity contribution in [3.63, 3.8) is 0 Å². The maximum atomic E-state index is 12.1. The van der Waals surface area contributed by atoms with E-state index in [1.54, 1.807) is 6.07 Å². The van der Waals surface area contributed by atoms with E-state index in [-0.39, 0.29) is 24.3 Å². The third-order valence-electron chi connectivity index (χ3n) is 3.44. The molecule has 1 heterocycles. The highest BCUT2D eigenvalue weighted by molar-refractivity contribution is 6.33. The first-order chi connectivity index (χ1) is 10.2. The topological polar surface area (TPSA) is 69.6 Å². The minimum Gasteiger partial charge on any atom is -0.395 e. The maximum absolute atomic E-state index is 12.1. The number of aliphatic hydroxyl groups is 1. The van der Waals surface area contributed by atoms with Crippen LogP contribution in [0.5, 0.6) is 0 Å². The first-order valence-electron chi connectivity index (χ1n) is 6.99. The van der Waals surface area contributed by atoms with Crippen LogP contribution in [0.3, 0.4) is 0 Å². The van der Waals surface area contributed by atoms with Gasteiger partial charge in [0.2, 0.25) is 0 Å². The summed E-state index contributed by atoms with van der Waals surface area (Å²) >= 11 is 6.26. The second-order valence-corrected chi connectivity index (χ2v) is 6.55. The Kier molecular flexibility index (Phi) is 4.58. The highest BCUT2D eigenvalue weighted by atomic mass is 35.5. The molecule has 2 amide bonds. The van der Waals surface area contributed by atoms with Gasteiger partial charge >= 0.3 is 0 Å². The lowest BCUT2D eigenvalue weighted by Gasteiger charge is -2.20. The number of nitrogens with zero attached hydrogens (tertiary/aromatic N) is 1. The smallest absolute Gasteiger partial charge is 0.277 e. The molecule has 0 unspecified atom stereocenters. The van der Waals surface area contributed by atoms with Gasteiger partial charge in [-0.05, 0) is 23.1 Å². The van der Waals surface area contributed by atoms with E-state index in [1.807, 2.05) is 12.1 Å². The van der Waals surface area contributed by atoms with E-state index in [2.05, 4.69) is 26.1 Å². The largest absolute Gasteiger partial charge is 0.395 e. The number of β-amino-alcohol motifs (C(OH)–C–C–N with tert-alkyl or cyclic N) is 1. The zero-order valence-electron chi connectivity index (χ0n) is 12.8. The fraction of sp³-hybridized carbons (Fsp3) is 0.375. The molecule has 0 saturated heterocycles. The van der Waals surface area contributed by atoms with E-state index in [1.165, 1.54) is 6.08 Å². The molecule has 1 aliphatic heterocycles. The molecule has 6 heteroatoms. The molecule has 0 fully saturated rings. The lowest BCUT2D eigenvalue weighted by molar-refractivity contribution is -0.137. The lowest BCUT2D eigenvalue weighted by Crippen LogP contribution is -2.34. The molecule has 22 heavy (non-hydrogen) atoms. The molecule has 118 valence electrons. The van der Waals surface area contributed by atoms with Crippen LogP contribution < -0.4 is 5.32 Å². The Morgan fingerprint density at radius 2 is 1.95 bits per heavy atom. The van der Waals surface area contributed by atoms with Gasteiger partial charge in [-0.3, -0.25) is 14.5 Å². The summed E-state index contributed by atoms with van der Waals surface area (Å²) in [6.45, 7) is 5.97. The van der Waals surface area contributed by atoms with Crippen molar-refractivity contribution < 1.29 is 14.7 Å². The van der Waals surface area contributed by atoms with E-state index in [9.17, 15) is 9.59 Å². The van der Waals surface area contributed by atoms with Crippen molar-refractivity contribution in [1.82, 2.24) is 4.90 Å². The Balaban J connectivity index is 2.20. The van der Waals surface area contributed by atoms with Crippen LogP contribution >= 0.6 is 11.6 Å². The van der Waals surface area contributed by atoms with Crippen molar-refractivity contribution in [3.05, 3.63) is 40.6 Å². The van der Waals surface area contributed by atoms with Gasteiger partial charge in [0, 0.05) is 6.08 Å². The quantitative estimate of drug-likeness (QED) is 0.835. The van der Waals surface area contributed by atoms with Crippen LogP contribution in [-0.2, 0) is 15.0 Å². The van der Waals surface area contributed by atoms with E-state index < -0.39 is 11.8 Å². The van der Waals surface area contributed by atoms with E-state index in [4.69, 9.17) is 16.7 Å². The van der Waals surface area contributed by atoms with Gasteiger partial charge in [-0.1, -0.05) is 38.4 Å². The van der Waals surface area contributed by atoms with Gasteiger partial charge < -0.3 is 10.4 Å². The zero-order valence-corrected chi connectivity index (χ0v) is 13.6. The molecule has 0 bridgehead atoms. The summed E-state index contributed by atoms with van der Waals surface area (Å²) in [5, 5.41) is 12.3. The van der Waals surface area contributed by atoms with Gasteiger partial charge in [0.1, 0.15) is 5.70 Å². The number of anilines is 1. The average molecular weight is 323 g/mol. The van der Waals surface area contributed by atoms with Crippen LogP contribution in [0.15, 0.2) is 30.0 Å². The van der Waals surface area contributed by atoms with E-state index in [0.717, 1.165) is 10.5 Å². The first kappa shape index (κ1) is 16.5. The summed E-state index contributed by atoms with van der Waals surface area (Å²) in [4.78, 5) is 24.7.